The highest BCUT2D eigenvalue weighted by atomic mass is 28.3. The van der Waals surface area contributed by atoms with Crippen LogP contribution < -0.4 is 0 Å². The summed E-state index contributed by atoms with van der Waals surface area (Å²) in [6, 6.07) is 0. The van der Waals surface area contributed by atoms with Gasteiger partial charge in [0, 0.05) is 6.42 Å². The fourth-order valence-electron chi connectivity index (χ4n) is 2.84. The SMILES string of the molecule is C[SiH](C)O/C1=C/CCCC(C(C)(C)C)CCCC1. The van der Waals surface area contributed by atoms with Crippen molar-refractivity contribution in [1.29, 1.82) is 0 Å². The summed E-state index contributed by atoms with van der Waals surface area (Å²) in [6.07, 6.45) is 11.5. The monoisotopic (exact) mass is 268 g/mol. The smallest absolute Gasteiger partial charge is 0.229 e. The Morgan fingerprint density at radius 3 is 2.39 bits per heavy atom. The van der Waals surface area contributed by atoms with Crippen LogP contribution >= 0.6 is 0 Å². The first-order valence-corrected chi connectivity index (χ1v) is 10.5. The van der Waals surface area contributed by atoms with Crippen LogP contribution in [-0.4, -0.2) is 9.04 Å². The lowest BCUT2D eigenvalue weighted by Crippen LogP contribution is -2.20. The summed E-state index contributed by atoms with van der Waals surface area (Å²) in [4.78, 5) is 0. The van der Waals surface area contributed by atoms with Crippen LogP contribution in [0.4, 0.5) is 0 Å². The van der Waals surface area contributed by atoms with Crippen molar-refractivity contribution in [3.8, 4) is 0 Å². The maximum Gasteiger partial charge on any atom is 0.229 e. The maximum absolute atomic E-state index is 6.02. The number of allylic oxidation sites excluding steroid dienone is 2. The Morgan fingerprint density at radius 1 is 1.11 bits per heavy atom. The van der Waals surface area contributed by atoms with Crippen LogP contribution in [-0.2, 0) is 4.43 Å². The fourth-order valence-corrected chi connectivity index (χ4v) is 3.66. The van der Waals surface area contributed by atoms with Crippen LogP contribution in [0, 0.1) is 11.3 Å². The fraction of sp³-hybridized carbons (Fsp3) is 0.875. The number of hydrogen-bond acceptors (Lipinski definition) is 1. The Kier molecular flexibility index (Phi) is 6.48. The highest BCUT2D eigenvalue weighted by Gasteiger charge is 2.23. The molecule has 0 aromatic heterocycles. The summed E-state index contributed by atoms with van der Waals surface area (Å²) >= 11 is 0. The first kappa shape index (κ1) is 15.8. The van der Waals surface area contributed by atoms with Crippen LogP contribution in [0.15, 0.2) is 11.8 Å². The predicted octanol–water partition coefficient (Wildman–Crippen LogP) is 5.28. The molecule has 1 rings (SSSR count). The zero-order valence-electron chi connectivity index (χ0n) is 13.1. The third-order valence-electron chi connectivity index (χ3n) is 3.97. The van der Waals surface area contributed by atoms with Gasteiger partial charge in [0.1, 0.15) is 0 Å². The van der Waals surface area contributed by atoms with Gasteiger partial charge in [0.05, 0.1) is 5.76 Å². The lowest BCUT2D eigenvalue weighted by Gasteiger charge is -2.31. The molecule has 0 heterocycles. The van der Waals surface area contributed by atoms with Crippen molar-refractivity contribution < 1.29 is 4.43 Å². The first-order chi connectivity index (χ1) is 8.39. The van der Waals surface area contributed by atoms with Gasteiger partial charge in [-0.2, -0.15) is 0 Å². The average molecular weight is 269 g/mol. The van der Waals surface area contributed by atoms with E-state index in [1.54, 1.807) is 0 Å². The normalized spacial score (nSPS) is 26.6. The van der Waals surface area contributed by atoms with Gasteiger partial charge in [-0.05, 0) is 62.6 Å². The Morgan fingerprint density at radius 2 is 1.78 bits per heavy atom. The van der Waals surface area contributed by atoms with E-state index >= 15 is 0 Å². The molecule has 1 unspecified atom stereocenters. The van der Waals surface area contributed by atoms with E-state index in [-0.39, 0.29) is 0 Å². The summed E-state index contributed by atoms with van der Waals surface area (Å²) in [6.45, 7) is 11.7. The topological polar surface area (TPSA) is 9.23 Å². The Hall–Kier alpha value is -0.243. The lowest BCUT2D eigenvalue weighted by molar-refractivity contribution is 0.201. The molecule has 2 heteroatoms. The molecule has 106 valence electrons. The molecule has 0 spiro atoms. The van der Waals surface area contributed by atoms with E-state index in [9.17, 15) is 0 Å². The molecule has 0 aromatic rings. The number of rotatable bonds is 2. The molecule has 0 amide bonds. The summed E-state index contributed by atoms with van der Waals surface area (Å²) < 4.78 is 6.02. The minimum absolute atomic E-state index is 0.479. The Balaban J connectivity index is 2.52. The van der Waals surface area contributed by atoms with Crippen molar-refractivity contribution in [2.24, 2.45) is 11.3 Å². The van der Waals surface area contributed by atoms with Crippen LogP contribution in [0.2, 0.25) is 13.1 Å². The van der Waals surface area contributed by atoms with Gasteiger partial charge in [-0.15, -0.1) is 0 Å². The molecule has 18 heavy (non-hydrogen) atoms. The number of hydrogen-bond donors (Lipinski definition) is 0. The molecule has 0 saturated carbocycles. The molecule has 1 aliphatic rings. The van der Waals surface area contributed by atoms with E-state index in [4.69, 9.17) is 4.43 Å². The minimum Gasteiger partial charge on any atom is -0.550 e. The molecule has 0 saturated heterocycles. The van der Waals surface area contributed by atoms with E-state index in [1.165, 1.54) is 50.7 Å². The quantitative estimate of drug-likeness (QED) is 0.619. The minimum atomic E-state index is -0.913. The van der Waals surface area contributed by atoms with Gasteiger partial charge < -0.3 is 4.43 Å². The van der Waals surface area contributed by atoms with E-state index in [1.807, 2.05) is 0 Å². The van der Waals surface area contributed by atoms with Crippen LogP contribution in [0.5, 0.6) is 0 Å². The zero-order chi connectivity index (χ0) is 13.6. The van der Waals surface area contributed by atoms with Crippen molar-refractivity contribution >= 4 is 9.04 Å². The summed E-state index contributed by atoms with van der Waals surface area (Å²) in [7, 11) is -0.913. The van der Waals surface area contributed by atoms with Crippen molar-refractivity contribution in [3.63, 3.8) is 0 Å². The second-order valence-electron chi connectivity index (χ2n) is 7.08. The van der Waals surface area contributed by atoms with Gasteiger partial charge in [-0.1, -0.05) is 27.2 Å². The largest absolute Gasteiger partial charge is 0.550 e. The molecule has 0 aromatic carbocycles. The third-order valence-corrected chi connectivity index (χ3v) is 4.74. The summed E-state index contributed by atoms with van der Waals surface area (Å²) in [5.74, 6) is 2.19. The highest BCUT2D eigenvalue weighted by molar-refractivity contribution is 6.48. The van der Waals surface area contributed by atoms with Crippen LogP contribution in [0.25, 0.3) is 0 Å². The highest BCUT2D eigenvalue weighted by Crippen LogP contribution is 2.35. The zero-order valence-corrected chi connectivity index (χ0v) is 14.2. The second kappa shape index (κ2) is 7.37. The van der Waals surface area contributed by atoms with E-state index in [0.29, 0.717) is 5.41 Å². The molecule has 0 radical (unpaired) electrons. The molecule has 1 aliphatic carbocycles. The summed E-state index contributed by atoms with van der Waals surface area (Å²) in [5.41, 5.74) is 0.479. The van der Waals surface area contributed by atoms with E-state index in [0.717, 1.165) is 5.92 Å². The maximum atomic E-state index is 6.02. The van der Waals surface area contributed by atoms with Gasteiger partial charge >= 0.3 is 0 Å². The van der Waals surface area contributed by atoms with Gasteiger partial charge in [-0.3, -0.25) is 0 Å². The second-order valence-corrected chi connectivity index (χ2v) is 9.41. The molecule has 0 N–H and O–H groups in total. The summed E-state index contributed by atoms with van der Waals surface area (Å²) in [5, 5.41) is 0. The first-order valence-electron chi connectivity index (χ1n) is 7.75. The van der Waals surface area contributed by atoms with Gasteiger partial charge in [0.25, 0.3) is 0 Å². The standard InChI is InChI=1S/C16H32OSi/c1-16(2,3)14-10-6-8-12-15(17-18(4)5)13-9-7-11-14/h12,14,18H,6-11,13H2,1-5H3/b15-12+. The van der Waals surface area contributed by atoms with E-state index < -0.39 is 9.04 Å². The molecule has 1 atom stereocenters. The van der Waals surface area contributed by atoms with Crippen molar-refractivity contribution in [1.82, 2.24) is 0 Å². The molecule has 1 nitrogen and oxygen atoms in total. The predicted molar refractivity (Wildman–Crippen MR) is 83.3 cm³/mol. The Bertz CT molecular complexity index is 263. The van der Waals surface area contributed by atoms with Gasteiger partial charge in [0.2, 0.25) is 9.04 Å². The molecule has 0 bridgehead atoms. The lowest BCUT2D eigenvalue weighted by atomic mass is 9.75. The van der Waals surface area contributed by atoms with Gasteiger partial charge in [0.15, 0.2) is 0 Å². The molecule has 0 fully saturated rings. The van der Waals surface area contributed by atoms with Crippen LogP contribution in [0.1, 0.15) is 65.7 Å². The van der Waals surface area contributed by atoms with Crippen molar-refractivity contribution in [2.75, 3.05) is 0 Å². The molecular formula is C16H32OSi. The van der Waals surface area contributed by atoms with Crippen LogP contribution in [0.3, 0.4) is 0 Å². The Labute approximate surface area is 116 Å². The van der Waals surface area contributed by atoms with E-state index in [2.05, 4.69) is 39.9 Å². The van der Waals surface area contributed by atoms with Gasteiger partial charge in [-0.25, -0.2) is 0 Å². The third kappa shape index (κ3) is 6.08. The molecular weight excluding hydrogens is 236 g/mol. The average Bonchev–Trinajstić information content (AvgIpc) is 2.24. The molecule has 0 aliphatic heterocycles. The van der Waals surface area contributed by atoms with Crippen molar-refractivity contribution in [3.05, 3.63) is 11.8 Å². The van der Waals surface area contributed by atoms with Crippen molar-refractivity contribution in [2.45, 2.75) is 78.8 Å².